The largest absolute Gasteiger partial charge is 0.507 e. The fourth-order valence-electron chi connectivity index (χ4n) is 4.69. The van der Waals surface area contributed by atoms with E-state index in [-0.39, 0.29) is 16.6 Å². The first-order chi connectivity index (χ1) is 19.0. The van der Waals surface area contributed by atoms with E-state index < -0.39 is 0 Å². The summed E-state index contributed by atoms with van der Waals surface area (Å²) in [5, 5.41) is 20.4. The zero-order chi connectivity index (χ0) is 28.7. The van der Waals surface area contributed by atoms with Crippen LogP contribution in [0.15, 0.2) is 88.3 Å². The molecule has 1 heterocycles. The molecule has 0 saturated carbocycles. The molecule has 4 aromatic carbocycles. The lowest BCUT2D eigenvalue weighted by molar-refractivity contribution is 0.444. The summed E-state index contributed by atoms with van der Waals surface area (Å²) in [5.41, 5.74) is 7.74. The van der Waals surface area contributed by atoms with Gasteiger partial charge in [-0.25, -0.2) is 4.98 Å². The van der Waals surface area contributed by atoms with Crippen molar-refractivity contribution in [3.05, 3.63) is 101 Å². The summed E-state index contributed by atoms with van der Waals surface area (Å²) >= 11 is 0. The smallest absolute Gasteiger partial charge is 0.229 e. The molecule has 0 saturated heterocycles. The van der Waals surface area contributed by atoms with E-state index >= 15 is 0 Å². The standard InChI is InChI=1S/C35H33N3O2/c1-34(2,3)25-18-24(32(39)28(19-25)35(4,5)6)21-37-29-12-8-7-10-27(29)33-38-31-26(11-9-13-30(31)40-33)23-16-14-22(20-36)15-17-23/h7-19,21,39H,1-6H3. The summed E-state index contributed by atoms with van der Waals surface area (Å²) in [7, 11) is 0. The summed E-state index contributed by atoms with van der Waals surface area (Å²) in [6.07, 6.45) is 1.73. The number of phenols is 1. The zero-order valence-electron chi connectivity index (χ0n) is 23.8. The second-order valence-electron chi connectivity index (χ2n) is 12.1. The number of nitriles is 1. The molecule has 0 radical (unpaired) electrons. The number of rotatable bonds is 4. The van der Waals surface area contributed by atoms with Gasteiger partial charge < -0.3 is 9.52 Å². The van der Waals surface area contributed by atoms with Crippen molar-refractivity contribution in [3.63, 3.8) is 0 Å². The number of hydrogen-bond donors (Lipinski definition) is 1. The molecule has 1 aromatic heterocycles. The molecule has 0 aliphatic rings. The SMILES string of the molecule is CC(C)(C)c1cc(C=Nc2ccccc2-c2nc3c(-c4ccc(C#N)cc4)cccc3o2)c(O)c(C(C)(C)C)c1. The summed E-state index contributed by atoms with van der Waals surface area (Å²) < 4.78 is 6.22. The van der Waals surface area contributed by atoms with Crippen molar-refractivity contribution in [2.24, 2.45) is 4.99 Å². The van der Waals surface area contributed by atoms with Crippen molar-refractivity contribution < 1.29 is 9.52 Å². The number of nitrogens with zero attached hydrogens (tertiary/aromatic N) is 3. The average Bonchev–Trinajstić information content (AvgIpc) is 3.36. The maximum absolute atomic E-state index is 11.2. The molecule has 5 aromatic rings. The van der Waals surface area contributed by atoms with E-state index in [1.165, 1.54) is 0 Å². The highest BCUT2D eigenvalue weighted by atomic mass is 16.3. The summed E-state index contributed by atoms with van der Waals surface area (Å²) in [4.78, 5) is 9.69. The highest BCUT2D eigenvalue weighted by Crippen LogP contribution is 2.39. The van der Waals surface area contributed by atoms with E-state index in [9.17, 15) is 5.11 Å². The van der Waals surface area contributed by atoms with Crippen LogP contribution in [-0.4, -0.2) is 16.3 Å². The third-order valence-electron chi connectivity index (χ3n) is 7.03. The van der Waals surface area contributed by atoms with Gasteiger partial charge in [-0.3, -0.25) is 4.99 Å². The van der Waals surface area contributed by atoms with Crippen LogP contribution in [0.2, 0.25) is 0 Å². The summed E-state index contributed by atoms with van der Waals surface area (Å²) in [5.74, 6) is 0.711. The fourth-order valence-corrected chi connectivity index (χ4v) is 4.69. The van der Waals surface area contributed by atoms with Crippen LogP contribution in [0.5, 0.6) is 5.75 Å². The predicted octanol–water partition coefficient (Wildman–Crippen LogP) is 9.08. The fraction of sp³-hybridized carbons (Fsp3) is 0.229. The van der Waals surface area contributed by atoms with Gasteiger partial charge in [0, 0.05) is 22.9 Å². The van der Waals surface area contributed by atoms with E-state index in [4.69, 9.17) is 19.7 Å². The van der Waals surface area contributed by atoms with Crippen LogP contribution < -0.4 is 0 Å². The first-order valence-corrected chi connectivity index (χ1v) is 13.4. The normalized spacial score (nSPS) is 12.2. The molecule has 0 aliphatic heterocycles. The zero-order valence-corrected chi connectivity index (χ0v) is 23.8. The Labute approximate surface area is 235 Å². The molecule has 5 heteroatoms. The molecule has 5 nitrogen and oxygen atoms in total. The second kappa shape index (κ2) is 10.1. The second-order valence-corrected chi connectivity index (χ2v) is 12.1. The molecule has 0 aliphatic carbocycles. The lowest BCUT2D eigenvalue weighted by Crippen LogP contribution is -2.17. The van der Waals surface area contributed by atoms with Crippen molar-refractivity contribution in [1.82, 2.24) is 4.98 Å². The topological polar surface area (TPSA) is 82.4 Å². The predicted molar refractivity (Wildman–Crippen MR) is 162 cm³/mol. The van der Waals surface area contributed by atoms with E-state index in [0.29, 0.717) is 28.3 Å². The number of fused-ring (bicyclic) bond motifs is 1. The lowest BCUT2D eigenvalue weighted by atomic mass is 9.79. The Morgan fingerprint density at radius 3 is 2.23 bits per heavy atom. The number of para-hydroxylation sites is 2. The third kappa shape index (κ3) is 5.26. The van der Waals surface area contributed by atoms with Crippen LogP contribution in [0.3, 0.4) is 0 Å². The van der Waals surface area contributed by atoms with Crippen LogP contribution in [-0.2, 0) is 10.8 Å². The van der Waals surface area contributed by atoms with Gasteiger partial charge in [-0.05, 0) is 58.4 Å². The molecular weight excluding hydrogens is 494 g/mol. The molecule has 0 bridgehead atoms. The maximum atomic E-state index is 11.2. The van der Waals surface area contributed by atoms with Gasteiger partial charge in [-0.1, -0.05) is 84.0 Å². The molecule has 0 fully saturated rings. The lowest BCUT2D eigenvalue weighted by Gasteiger charge is -2.27. The Morgan fingerprint density at radius 2 is 1.55 bits per heavy atom. The van der Waals surface area contributed by atoms with Crippen molar-refractivity contribution in [2.75, 3.05) is 0 Å². The number of hydrogen-bond acceptors (Lipinski definition) is 5. The van der Waals surface area contributed by atoms with E-state index in [1.807, 2.05) is 60.7 Å². The molecule has 0 unspecified atom stereocenters. The average molecular weight is 528 g/mol. The number of phenolic OH excluding ortho intramolecular Hbond substituents is 1. The molecule has 0 spiro atoms. The minimum absolute atomic E-state index is 0.0843. The summed E-state index contributed by atoms with van der Waals surface area (Å²) in [6, 6.07) is 27.3. The number of oxazole rings is 1. The Balaban J connectivity index is 1.58. The van der Waals surface area contributed by atoms with Gasteiger partial charge in [0.1, 0.15) is 11.3 Å². The van der Waals surface area contributed by atoms with Crippen LogP contribution >= 0.6 is 0 Å². The van der Waals surface area contributed by atoms with Crippen LogP contribution in [0.25, 0.3) is 33.7 Å². The number of aliphatic imine (C=N–C) groups is 1. The van der Waals surface area contributed by atoms with Crippen molar-refractivity contribution in [3.8, 4) is 34.4 Å². The minimum atomic E-state index is -0.226. The number of benzene rings is 4. The van der Waals surface area contributed by atoms with Crippen molar-refractivity contribution in [2.45, 2.75) is 52.4 Å². The maximum Gasteiger partial charge on any atom is 0.229 e. The van der Waals surface area contributed by atoms with Gasteiger partial charge >= 0.3 is 0 Å². The van der Waals surface area contributed by atoms with E-state index in [2.05, 4.69) is 53.7 Å². The van der Waals surface area contributed by atoms with E-state index in [0.717, 1.165) is 33.3 Å². The molecule has 0 amide bonds. The monoisotopic (exact) mass is 527 g/mol. The Kier molecular flexibility index (Phi) is 6.81. The Hall–Kier alpha value is -4.69. The van der Waals surface area contributed by atoms with E-state index in [1.54, 1.807) is 18.3 Å². The van der Waals surface area contributed by atoms with Gasteiger partial charge in [0.2, 0.25) is 5.89 Å². The Morgan fingerprint density at radius 1 is 0.850 bits per heavy atom. The first kappa shape index (κ1) is 26.9. The first-order valence-electron chi connectivity index (χ1n) is 13.4. The molecule has 5 rings (SSSR count). The molecule has 200 valence electrons. The highest BCUT2D eigenvalue weighted by Gasteiger charge is 2.24. The van der Waals surface area contributed by atoms with Gasteiger partial charge in [-0.2, -0.15) is 5.26 Å². The third-order valence-corrected chi connectivity index (χ3v) is 7.03. The van der Waals surface area contributed by atoms with Crippen molar-refractivity contribution in [1.29, 1.82) is 5.26 Å². The number of aromatic hydroxyl groups is 1. The summed E-state index contributed by atoms with van der Waals surface area (Å²) in [6.45, 7) is 12.8. The molecule has 40 heavy (non-hydrogen) atoms. The van der Waals surface area contributed by atoms with Crippen molar-refractivity contribution >= 4 is 23.0 Å². The molecule has 0 atom stereocenters. The van der Waals surface area contributed by atoms with Crippen LogP contribution in [0.1, 0.15) is 63.8 Å². The Bertz CT molecular complexity index is 1770. The van der Waals surface area contributed by atoms with Crippen LogP contribution in [0.4, 0.5) is 5.69 Å². The minimum Gasteiger partial charge on any atom is -0.507 e. The number of aromatic nitrogens is 1. The van der Waals surface area contributed by atoms with Gasteiger partial charge in [0.25, 0.3) is 0 Å². The van der Waals surface area contributed by atoms with Gasteiger partial charge in [0.05, 0.1) is 22.9 Å². The molecular formula is C35H33N3O2. The van der Waals surface area contributed by atoms with Gasteiger partial charge in [-0.15, -0.1) is 0 Å². The molecule has 1 N–H and O–H groups in total. The quantitative estimate of drug-likeness (QED) is 0.236. The highest BCUT2D eigenvalue weighted by molar-refractivity contribution is 5.93. The van der Waals surface area contributed by atoms with Gasteiger partial charge in [0.15, 0.2) is 5.58 Å². The van der Waals surface area contributed by atoms with Crippen LogP contribution in [0, 0.1) is 11.3 Å².